The lowest BCUT2D eigenvalue weighted by Gasteiger charge is -2.25. The molecule has 0 bridgehead atoms. The Hall–Kier alpha value is -2.10. The summed E-state index contributed by atoms with van der Waals surface area (Å²) in [5, 5.41) is 4.18. The Morgan fingerprint density at radius 2 is 2.00 bits per heavy atom. The summed E-state index contributed by atoms with van der Waals surface area (Å²) >= 11 is 0. The summed E-state index contributed by atoms with van der Waals surface area (Å²) in [6.07, 6.45) is 1.72. The van der Waals surface area contributed by atoms with Gasteiger partial charge in [0.1, 0.15) is 5.54 Å². The van der Waals surface area contributed by atoms with Crippen LogP contribution in [0, 0.1) is 0 Å². The van der Waals surface area contributed by atoms with Crippen LogP contribution in [-0.2, 0) is 9.53 Å². The summed E-state index contributed by atoms with van der Waals surface area (Å²) in [5.41, 5.74) is 0.984. The number of benzene rings is 1. The monoisotopic (exact) mass is 244 g/mol. The highest BCUT2D eigenvalue weighted by Crippen LogP contribution is 2.24. The summed E-state index contributed by atoms with van der Waals surface area (Å²) in [7, 11) is 1.39. The molecule has 0 saturated heterocycles. The van der Waals surface area contributed by atoms with Crippen LogP contribution in [0.15, 0.2) is 36.5 Å². The first-order valence-corrected chi connectivity index (χ1v) is 5.75. The van der Waals surface area contributed by atoms with Gasteiger partial charge in [-0.2, -0.15) is 0 Å². The zero-order valence-corrected chi connectivity index (χ0v) is 10.7. The van der Waals surface area contributed by atoms with Gasteiger partial charge in [0.25, 0.3) is 0 Å². The third-order valence-corrected chi connectivity index (χ3v) is 2.79. The highest BCUT2D eigenvalue weighted by atomic mass is 16.5. The van der Waals surface area contributed by atoms with Crippen LogP contribution in [0.5, 0.6) is 0 Å². The zero-order valence-electron chi connectivity index (χ0n) is 10.7. The van der Waals surface area contributed by atoms with E-state index in [0.717, 1.165) is 16.6 Å². The second kappa shape index (κ2) is 4.64. The van der Waals surface area contributed by atoms with Crippen LogP contribution in [0.25, 0.3) is 10.9 Å². The van der Waals surface area contributed by atoms with E-state index in [1.54, 1.807) is 20.0 Å². The van der Waals surface area contributed by atoms with E-state index in [1.807, 2.05) is 30.3 Å². The van der Waals surface area contributed by atoms with Crippen molar-refractivity contribution in [1.29, 1.82) is 0 Å². The van der Waals surface area contributed by atoms with Crippen LogP contribution >= 0.6 is 0 Å². The standard InChI is InChI=1S/C14H16N2O2/c1-14(2,13(17)18-3)16-12-8-9-15-11-7-5-4-6-10(11)12/h4-9H,1-3H3,(H,15,16). The van der Waals surface area contributed by atoms with Crippen molar-refractivity contribution in [3.8, 4) is 0 Å². The minimum Gasteiger partial charge on any atom is -0.467 e. The number of hydrogen-bond donors (Lipinski definition) is 1. The molecule has 2 rings (SSSR count). The molecule has 1 N–H and O–H groups in total. The van der Waals surface area contributed by atoms with Gasteiger partial charge in [0.2, 0.25) is 0 Å². The summed E-state index contributed by atoms with van der Waals surface area (Å²) in [4.78, 5) is 16.0. The summed E-state index contributed by atoms with van der Waals surface area (Å²) in [6.45, 7) is 3.57. The van der Waals surface area contributed by atoms with E-state index in [9.17, 15) is 4.79 Å². The first-order chi connectivity index (χ1) is 8.54. The second-order valence-electron chi connectivity index (χ2n) is 4.62. The number of anilines is 1. The van der Waals surface area contributed by atoms with Gasteiger partial charge < -0.3 is 10.1 Å². The van der Waals surface area contributed by atoms with E-state index in [0.29, 0.717) is 0 Å². The number of ether oxygens (including phenoxy) is 1. The van der Waals surface area contributed by atoms with Crippen molar-refractivity contribution in [3.05, 3.63) is 36.5 Å². The Balaban J connectivity index is 2.41. The lowest BCUT2D eigenvalue weighted by Crippen LogP contribution is -2.41. The van der Waals surface area contributed by atoms with Gasteiger partial charge in [-0.25, -0.2) is 4.79 Å². The average molecular weight is 244 g/mol. The van der Waals surface area contributed by atoms with Gasteiger partial charge in [0.05, 0.1) is 12.6 Å². The van der Waals surface area contributed by atoms with E-state index >= 15 is 0 Å². The molecule has 0 amide bonds. The number of nitrogens with zero attached hydrogens (tertiary/aromatic N) is 1. The minimum atomic E-state index is -0.779. The molecule has 1 aromatic heterocycles. The fraction of sp³-hybridized carbons (Fsp3) is 0.286. The third-order valence-electron chi connectivity index (χ3n) is 2.79. The van der Waals surface area contributed by atoms with Crippen LogP contribution in [0.1, 0.15) is 13.8 Å². The van der Waals surface area contributed by atoms with Crippen molar-refractivity contribution >= 4 is 22.6 Å². The molecule has 4 heteroatoms. The maximum absolute atomic E-state index is 11.7. The van der Waals surface area contributed by atoms with Crippen molar-refractivity contribution in [2.45, 2.75) is 19.4 Å². The number of rotatable bonds is 3. The Bertz CT molecular complexity index is 574. The highest BCUT2D eigenvalue weighted by Gasteiger charge is 2.28. The van der Waals surface area contributed by atoms with Crippen LogP contribution in [0.4, 0.5) is 5.69 Å². The first-order valence-electron chi connectivity index (χ1n) is 5.75. The fourth-order valence-corrected chi connectivity index (χ4v) is 1.85. The molecule has 0 spiro atoms. The van der Waals surface area contributed by atoms with Gasteiger partial charge in [-0.05, 0) is 26.0 Å². The Labute approximate surface area is 106 Å². The minimum absolute atomic E-state index is 0.302. The number of carbonyl (C=O) groups excluding carboxylic acids is 1. The Morgan fingerprint density at radius 1 is 1.28 bits per heavy atom. The number of methoxy groups -OCH3 is 1. The normalized spacial score (nSPS) is 11.3. The van der Waals surface area contributed by atoms with Crippen molar-refractivity contribution in [1.82, 2.24) is 4.98 Å². The fourth-order valence-electron chi connectivity index (χ4n) is 1.85. The zero-order chi connectivity index (χ0) is 13.2. The van der Waals surface area contributed by atoms with Crippen molar-refractivity contribution in [3.63, 3.8) is 0 Å². The first kappa shape index (κ1) is 12.4. The predicted octanol–water partition coefficient (Wildman–Crippen LogP) is 2.60. The molecule has 0 unspecified atom stereocenters. The van der Waals surface area contributed by atoms with Crippen molar-refractivity contribution < 1.29 is 9.53 Å². The second-order valence-corrected chi connectivity index (χ2v) is 4.62. The van der Waals surface area contributed by atoms with Gasteiger partial charge in [0, 0.05) is 17.3 Å². The third kappa shape index (κ3) is 2.27. The van der Waals surface area contributed by atoms with E-state index in [4.69, 9.17) is 4.74 Å². The van der Waals surface area contributed by atoms with E-state index < -0.39 is 5.54 Å². The predicted molar refractivity (Wildman–Crippen MR) is 71.5 cm³/mol. The molecule has 18 heavy (non-hydrogen) atoms. The van der Waals surface area contributed by atoms with Crippen LogP contribution in [-0.4, -0.2) is 23.6 Å². The molecule has 0 aliphatic rings. The van der Waals surface area contributed by atoms with E-state index in [1.165, 1.54) is 7.11 Å². The quantitative estimate of drug-likeness (QED) is 0.843. The lowest BCUT2D eigenvalue weighted by atomic mass is 10.0. The molecular weight excluding hydrogens is 228 g/mol. The molecule has 0 radical (unpaired) electrons. The van der Waals surface area contributed by atoms with Gasteiger partial charge in [-0.1, -0.05) is 18.2 Å². The maximum atomic E-state index is 11.7. The molecule has 1 aromatic carbocycles. The number of fused-ring (bicyclic) bond motifs is 1. The lowest BCUT2D eigenvalue weighted by molar-refractivity contribution is -0.144. The number of esters is 1. The molecule has 4 nitrogen and oxygen atoms in total. The SMILES string of the molecule is COC(=O)C(C)(C)Nc1ccnc2ccccc12. The van der Waals surface area contributed by atoms with Gasteiger partial charge in [-0.3, -0.25) is 4.98 Å². The van der Waals surface area contributed by atoms with Gasteiger partial charge in [-0.15, -0.1) is 0 Å². The average Bonchev–Trinajstić information content (AvgIpc) is 2.38. The number of hydrogen-bond acceptors (Lipinski definition) is 4. The molecule has 94 valence electrons. The number of para-hydroxylation sites is 1. The number of carbonyl (C=O) groups is 1. The Morgan fingerprint density at radius 3 is 2.72 bits per heavy atom. The Kier molecular flexibility index (Phi) is 3.19. The van der Waals surface area contributed by atoms with Gasteiger partial charge >= 0.3 is 5.97 Å². The van der Waals surface area contributed by atoms with E-state index in [2.05, 4.69) is 10.3 Å². The molecule has 0 saturated carbocycles. The summed E-state index contributed by atoms with van der Waals surface area (Å²) < 4.78 is 4.78. The molecule has 0 aliphatic heterocycles. The van der Waals surface area contributed by atoms with Gasteiger partial charge in [0.15, 0.2) is 0 Å². The molecular formula is C14H16N2O2. The summed E-state index contributed by atoms with van der Waals surface area (Å²) in [5.74, 6) is -0.302. The van der Waals surface area contributed by atoms with Crippen molar-refractivity contribution in [2.24, 2.45) is 0 Å². The molecule has 2 aromatic rings. The van der Waals surface area contributed by atoms with Crippen LogP contribution in [0.3, 0.4) is 0 Å². The van der Waals surface area contributed by atoms with Crippen LogP contribution < -0.4 is 5.32 Å². The molecule has 0 atom stereocenters. The summed E-state index contributed by atoms with van der Waals surface area (Å²) in [6, 6.07) is 9.64. The highest BCUT2D eigenvalue weighted by molar-refractivity contribution is 5.93. The van der Waals surface area contributed by atoms with E-state index in [-0.39, 0.29) is 5.97 Å². The smallest absolute Gasteiger partial charge is 0.330 e. The number of pyridine rings is 1. The molecule has 0 aliphatic carbocycles. The largest absolute Gasteiger partial charge is 0.467 e. The number of nitrogens with one attached hydrogen (secondary N) is 1. The number of aromatic nitrogens is 1. The topological polar surface area (TPSA) is 51.2 Å². The molecule has 1 heterocycles. The maximum Gasteiger partial charge on any atom is 0.330 e. The van der Waals surface area contributed by atoms with Crippen LogP contribution in [0.2, 0.25) is 0 Å². The van der Waals surface area contributed by atoms with Crippen molar-refractivity contribution in [2.75, 3.05) is 12.4 Å². The molecule has 0 fully saturated rings.